The lowest BCUT2D eigenvalue weighted by atomic mass is 9.91. The van der Waals surface area contributed by atoms with Crippen LogP contribution in [0.3, 0.4) is 0 Å². The summed E-state index contributed by atoms with van der Waals surface area (Å²) in [5.74, 6) is -2.72. The van der Waals surface area contributed by atoms with Crippen molar-refractivity contribution in [3.8, 4) is 0 Å². The van der Waals surface area contributed by atoms with Crippen molar-refractivity contribution in [2.45, 2.75) is 63.3 Å². The van der Waals surface area contributed by atoms with Crippen molar-refractivity contribution >= 4 is 52.6 Å². The Morgan fingerprint density at radius 2 is 1.85 bits per heavy atom. The maximum Gasteiger partial charge on any atom is 0.326 e. The molecule has 0 radical (unpaired) electrons. The molecule has 260 valence electrons. The van der Waals surface area contributed by atoms with Crippen molar-refractivity contribution in [3.63, 3.8) is 0 Å². The molecule has 48 heavy (non-hydrogen) atoms. The van der Waals surface area contributed by atoms with Crippen LogP contribution in [0.1, 0.15) is 44.9 Å². The molecule has 2 amide bonds. The van der Waals surface area contributed by atoms with Gasteiger partial charge in [0.15, 0.2) is 0 Å². The number of rotatable bonds is 15. The molecule has 0 heterocycles. The Kier molecular flexibility index (Phi) is 14.1. The van der Waals surface area contributed by atoms with E-state index in [2.05, 4.69) is 16.0 Å². The van der Waals surface area contributed by atoms with E-state index >= 15 is 0 Å². The van der Waals surface area contributed by atoms with Crippen LogP contribution in [0.15, 0.2) is 91.9 Å². The van der Waals surface area contributed by atoms with Crippen LogP contribution in [0, 0.1) is 11.8 Å². The van der Waals surface area contributed by atoms with Gasteiger partial charge in [0.1, 0.15) is 18.0 Å². The van der Waals surface area contributed by atoms with Gasteiger partial charge in [-0.05, 0) is 75.3 Å². The van der Waals surface area contributed by atoms with E-state index in [1.165, 1.54) is 0 Å². The van der Waals surface area contributed by atoms with E-state index in [0.29, 0.717) is 51.1 Å². The number of ether oxygens (including phenoxy) is 1. The smallest absolute Gasteiger partial charge is 0.326 e. The van der Waals surface area contributed by atoms with Crippen molar-refractivity contribution in [1.82, 2.24) is 16.0 Å². The fourth-order valence-corrected chi connectivity index (χ4v) is 6.70. The number of amides is 2. The van der Waals surface area contributed by atoms with Gasteiger partial charge < -0.3 is 36.4 Å². The molecule has 8 N–H and O–H groups in total. The number of nitrogens with one attached hydrogen (secondary N) is 3. The first-order valence-electron chi connectivity index (χ1n) is 15.8. The third-order valence-electron chi connectivity index (χ3n) is 8.29. The molecule has 5 atom stereocenters. The monoisotopic (exact) mass is 722 g/mol. The molecule has 0 saturated carbocycles. The van der Waals surface area contributed by atoms with Crippen molar-refractivity contribution in [2.75, 3.05) is 19.7 Å². The molecule has 0 fully saturated rings. The highest BCUT2D eigenvalue weighted by Crippen LogP contribution is 2.33. The summed E-state index contributed by atoms with van der Waals surface area (Å²) in [6.07, 6.45) is 15.5. The summed E-state index contributed by atoms with van der Waals surface area (Å²) in [5.41, 5.74) is 7.27. The maximum absolute atomic E-state index is 13.1. The summed E-state index contributed by atoms with van der Waals surface area (Å²) in [4.78, 5) is 38.1. The Morgan fingerprint density at radius 1 is 1.06 bits per heavy atom. The average Bonchev–Trinajstić information content (AvgIpc) is 3.04. The van der Waals surface area contributed by atoms with Gasteiger partial charge in [-0.3, -0.25) is 14.9 Å². The lowest BCUT2D eigenvalue weighted by molar-refractivity contribution is -0.141. The predicted octanol–water partition coefficient (Wildman–Crippen LogP) is 4.41. The molecule has 0 aromatic rings. The van der Waals surface area contributed by atoms with Gasteiger partial charge in [-0.15, -0.1) is 0 Å². The molecule has 4 aliphatic carbocycles. The lowest BCUT2D eigenvalue weighted by Crippen LogP contribution is -2.43. The van der Waals surface area contributed by atoms with Gasteiger partial charge in [0, 0.05) is 41.3 Å². The number of hydrogen-bond donors (Lipinski definition) is 7. The minimum absolute atomic E-state index is 0.104. The van der Waals surface area contributed by atoms with Crippen LogP contribution in [0.4, 0.5) is 0 Å². The number of halogens is 3. The molecular weight excluding hydrogens is 683 g/mol. The number of carboxylic acid groups (broad SMARTS) is 1. The second-order valence-corrected chi connectivity index (χ2v) is 13.2. The number of aliphatic hydroxyl groups excluding tert-OH is 2. The Balaban J connectivity index is 1.26. The molecule has 4 aliphatic rings. The number of nitrogens with two attached hydrogens (primary N) is 1. The zero-order chi connectivity index (χ0) is 34.8. The average molecular weight is 724 g/mol. The molecule has 0 bridgehead atoms. The first-order valence-corrected chi connectivity index (χ1v) is 17.0. The summed E-state index contributed by atoms with van der Waals surface area (Å²) in [6, 6.07) is -1.20. The quantitative estimate of drug-likeness (QED) is 0.0951. The van der Waals surface area contributed by atoms with Gasteiger partial charge in [0.25, 0.3) is 11.8 Å². The van der Waals surface area contributed by atoms with Crippen molar-refractivity contribution in [2.24, 2.45) is 17.6 Å². The van der Waals surface area contributed by atoms with E-state index in [4.69, 9.17) is 45.3 Å². The second kappa shape index (κ2) is 18.0. The third-order valence-corrected chi connectivity index (χ3v) is 9.28. The zero-order valence-corrected chi connectivity index (χ0v) is 28.5. The van der Waals surface area contributed by atoms with Gasteiger partial charge in [0.05, 0.1) is 22.3 Å². The van der Waals surface area contributed by atoms with E-state index in [-0.39, 0.29) is 50.4 Å². The first-order chi connectivity index (χ1) is 22.9. The SMILES string of the molecule is NCCCO[C@@H]1C=C(Cl)C(C(=O)NC2=CCC(C[C@H](NC(=O)C3=CCC(C(O)NCC4=CC(O)=CCC4)C=C3Cl)C(=O)O)C=C2)=C(Cl)C1. The van der Waals surface area contributed by atoms with Crippen molar-refractivity contribution < 1.29 is 34.4 Å². The maximum atomic E-state index is 13.1. The van der Waals surface area contributed by atoms with Gasteiger partial charge >= 0.3 is 5.97 Å². The highest BCUT2D eigenvalue weighted by molar-refractivity contribution is 6.40. The molecule has 0 aromatic heterocycles. The first kappa shape index (κ1) is 37.7. The van der Waals surface area contributed by atoms with Crippen LogP contribution < -0.4 is 21.7 Å². The highest BCUT2D eigenvalue weighted by Gasteiger charge is 2.30. The van der Waals surface area contributed by atoms with Gasteiger partial charge in [-0.2, -0.15) is 0 Å². The van der Waals surface area contributed by atoms with E-state index < -0.39 is 36.0 Å². The summed E-state index contributed by atoms with van der Waals surface area (Å²) in [6.45, 7) is 1.34. The van der Waals surface area contributed by atoms with Gasteiger partial charge in [-0.25, -0.2) is 4.79 Å². The van der Waals surface area contributed by atoms with E-state index in [1.807, 2.05) is 0 Å². The van der Waals surface area contributed by atoms with E-state index in [0.717, 1.165) is 18.4 Å². The lowest BCUT2D eigenvalue weighted by Gasteiger charge is -2.26. The molecule has 0 spiro atoms. The normalized spacial score (nSPS) is 23.9. The van der Waals surface area contributed by atoms with Crippen LogP contribution in [0.2, 0.25) is 0 Å². The van der Waals surface area contributed by atoms with Crippen LogP contribution in [-0.2, 0) is 19.1 Å². The predicted molar refractivity (Wildman–Crippen MR) is 185 cm³/mol. The third kappa shape index (κ3) is 10.7. The minimum atomic E-state index is -1.20. The summed E-state index contributed by atoms with van der Waals surface area (Å²) >= 11 is 19.2. The van der Waals surface area contributed by atoms with E-state index in [1.54, 1.807) is 48.6 Å². The number of aliphatic carboxylic acids is 1. The van der Waals surface area contributed by atoms with Crippen LogP contribution in [0.5, 0.6) is 0 Å². The highest BCUT2D eigenvalue weighted by atomic mass is 35.5. The molecule has 3 unspecified atom stereocenters. The summed E-state index contributed by atoms with van der Waals surface area (Å²) in [5, 5.41) is 39.1. The number of carbonyl (C=O) groups is 3. The standard InChI is InChI=1S/C34H41Cl3N4O7/c35-26-15-21(31(43)39-18-20-3-1-4-23(42)13-20)7-10-25(26)32(44)41-29(34(46)47)14-19-5-8-22(9-6-19)40-33(45)30-27(36)16-24(17-28(30)37)48-12-2-11-38/h4-5,8-10,13,15-16,19,21,24,29,31,39,42-43H,1-3,6-7,11-12,14,17-18,38H2,(H,40,45)(H,41,44)(H,46,47)/t19?,21?,24-,29+,31?/m1/s1. The molecule has 11 nitrogen and oxygen atoms in total. The largest absolute Gasteiger partial charge is 0.508 e. The Morgan fingerprint density at radius 3 is 2.50 bits per heavy atom. The van der Waals surface area contributed by atoms with Crippen molar-refractivity contribution in [3.05, 3.63) is 91.9 Å². The second-order valence-electron chi connectivity index (χ2n) is 11.9. The molecule has 14 heteroatoms. The van der Waals surface area contributed by atoms with Gasteiger partial charge in [0.2, 0.25) is 0 Å². The molecule has 0 saturated heterocycles. The Labute approximate surface area is 294 Å². The Hall–Kier alpha value is -3.16. The fraction of sp³-hybridized carbons (Fsp3) is 0.441. The molecule has 0 aromatic carbocycles. The van der Waals surface area contributed by atoms with E-state index in [9.17, 15) is 29.7 Å². The molecule has 0 aliphatic heterocycles. The van der Waals surface area contributed by atoms with Gasteiger partial charge in [-0.1, -0.05) is 64.7 Å². The number of allylic oxidation sites excluding steroid dienone is 6. The number of carbonyl (C=O) groups excluding carboxylic acids is 2. The summed E-state index contributed by atoms with van der Waals surface area (Å²) in [7, 11) is 0. The number of carboxylic acids is 1. The van der Waals surface area contributed by atoms with Crippen LogP contribution in [-0.4, -0.2) is 71.2 Å². The van der Waals surface area contributed by atoms with Crippen molar-refractivity contribution in [1.29, 1.82) is 0 Å². The number of aliphatic hydroxyl groups is 2. The number of hydrogen-bond acceptors (Lipinski definition) is 8. The summed E-state index contributed by atoms with van der Waals surface area (Å²) < 4.78 is 5.69. The van der Waals surface area contributed by atoms with Crippen LogP contribution in [0.25, 0.3) is 0 Å². The van der Waals surface area contributed by atoms with Crippen LogP contribution >= 0.6 is 34.8 Å². The zero-order valence-electron chi connectivity index (χ0n) is 26.3. The topological polar surface area (TPSA) is 183 Å². The Bertz CT molecular complexity index is 1510. The molecular formula is C34H41Cl3N4O7. The molecule has 4 rings (SSSR count). The fourth-order valence-electron chi connectivity index (χ4n) is 5.65. The minimum Gasteiger partial charge on any atom is -0.508 e.